The maximum absolute atomic E-state index is 6.74. The van der Waals surface area contributed by atoms with Crippen LogP contribution in [0.25, 0.3) is 0 Å². The van der Waals surface area contributed by atoms with Crippen LogP contribution in [0, 0.1) is 28.6 Å². The van der Waals surface area contributed by atoms with Gasteiger partial charge in [0.2, 0.25) is 0 Å². The first kappa shape index (κ1) is 16.1. The Balaban J connectivity index is 1.71. The average Bonchev–Trinajstić information content (AvgIpc) is 2.99. The van der Waals surface area contributed by atoms with Crippen LogP contribution >= 0.6 is 0 Å². The van der Waals surface area contributed by atoms with E-state index in [1.807, 2.05) is 6.08 Å². The van der Waals surface area contributed by atoms with Crippen molar-refractivity contribution in [2.45, 2.75) is 90.6 Å². The average molecular weight is 319 g/mol. The van der Waals surface area contributed by atoms with Gasteiger partial charge in [0.15, 0.2) is 5.79 Å². The third-order valence-electron chi connectivity index (χ3n) is 8.47. The van der Waals surface area contributed by atoms with E-state index in [1.54, 1.807) is 0 Å². The molecule has 0 radical (unpaired) electrons. The van der Waals surface area contributed by atoms with Crippen molar-refractivity contribution in [3.05, 3.63) is 12.7 Å². The smallest absolute Gasteiger partial charge is 0.167 e. The first-order valence-corrected chi connectivity index (χ1v) is 9.67. The van der Waals surface area contributed by atoms with Crippen LogP contribution in [0.2, 0.25) is 0 Å². The van der Waals surface area contributed by atoms with E-state index in [4.69, 9.17) is 9.47 Å². The van der Waals surface area contributed by atoms with Crippen molar-refractivity contribution in [2.24, 2.45) is 28.6 Å². The molecular formula is C21H34O2. The molecule has 1 aliphatic heterocycles. The normalized spacial score (nSPS) is 56.4. The van der Waals surface area contributed by atoms with Crippen molar-refractivity contribution in [2.75, 3.05) is 0 Å². The van der Waals surface area contributed by atoms with Gasteiger partial charge in [0, 0.05) is 6.42 Å². The molecule has 7 atom stereocenters. The van der Waals surface area contributed by atoms with Gasteiger partial charge in [0.05, 0.1) is 11.7 Å². The van der Waals surface area contributed by atoms with E-state index in [0.29, 0.717) is 16.7 Å². The Bertz CT molecular complexity index is 526. The lowest BCUT2D eigenvalue weighted by Crippen LogP contribution is -2.52. The predicted molar refractivity (Wildman–Crippen MR) is 93.0 cm³/mol. The fraction of sp³-hybridized carbons (Fsp3) is 0.905. The summed E-state index contributed by atoms with van der Waals surface area (Å²) in [7, 11) is 0. The third-order valence-corrected chi connectivity index (χ3v) is 8.47. The Morgan fingerprint density at radius 3 is 2.52 bits per heavy atom. The Morgan fingerprint density at radius 1 is 1.09 bits per heavy atom. The van der Waals surface area contributed by atoms with Gasteiger partial charge in [0.1, 0.15) is 0 Å². The Hall–Kier alpha value is -0.340. The molecule has 4 rings (SSSR count). The summed E-state index contributed by atoms with van der Waals surface area (Å²) in [5.41, 5.74) is 0.751. The molecule has 3 saturated carbocycles. The van der Waals surface area contributed by atoms with Gasteiger partial charge in [-0.1, -0.05) is 26.8 Å². The fourth-order valence-electron chi connectivity index (χ4n) is 7.38. The number of hydrogen-bond acceptors (Lipinski definition) is 2. The van der Waals surface area contributed by atoms with Crippen LogP contribution < -0.4 is 0 Å². The number of ether oxygens (including phenoxy) is 2. The zero-order valence-corrected chi connectivity index (χ0v) is 15.7. The van der Waals surface area contributed by atoms with Crippen LogP contribution in [0.4, 0.5) is 0 Å². The molecule has 1 spiro atoms. The lowest BCUT2D eigenvalue weighted by molar-refractivity contribution is -0.192. The zero-order chi connectivity index (χ0) is 16.7. The highest BCUT2D eigenvalue weighted by molar-refractivity contribution is 5.21. The van der Waals surface area contributed by atoms with Gasteiger partial charge >= 0.3 is 0 Å². The molecule has 1 saturated heterocycles. The van der Waals surface area contributed by atoms with Crippen molar-refractivity contribution in [3.8, 4) is 0 Å². The Kier molecular flexibility index (Phi) is 3.25. The highest BCUT2D eigenvalue weighted by atomic mass is 16.8. The second-order valence-electron chi connectivity index (χ2n) is 9.90. The fourth-order valence-corrected chi connectivity index (χ4v) is 7.38. The van der Waals surface area contributed by atoms with Crippen molar-refractivity contribution in [3.63, 3.8) is 0 Å². The van der Waals surface area contributed by atoms with Crippen LogP contribution in [0.5, 0.6) is 0 Å². The van der Waals surface area contributed by atoms with Gasteiger partial charge in [-0.3, -0.25) is 0 Å². The Morgan fingerprint density at radius 2 is 1.83 bits per heavy atom. The topological polar surface area (TPSA) is 18.5 Å². The van der Waals surface area contributed by atoms with E-state index in [9.17, 15) is 0 Å². The van der Waals surface area contributed by atoms with E-state index in [0.717, 1.165) is 24.7 Å². The number of fused-ring (bicyclic) bond motifs is 3. The largest absolute Gasteiger partial charge is 0.344 e. The number of rotatable bonds is 3. The molecule has 2 heteroatoms. The monoisotopic (exact) mass is 318 g/mol. The second-order valence-corrected chi connectivity index (χ2v) is 9.90. The lowest BCUT2D eigenvalue weighted by atomic mass is 9.63. The van der Waals surface area contributed by atoms with Crippen LogP contribution in [0.3, 0.4) is 0 Å². The molecule has 2 nitrogen and oxygen atoms in total. The van der Waals surface area contributed by atoms with E-state index >= 15 is 0 Å². The molecule has 23 heavy (non-hydrogen) atoms. The van der Waals surface area contributed by atoms with Crippen molar-refractivity contribution < 1.29 is 9.47 Å². The van der Waals surface area contributed by atoms with Gasteiger partial charge in [-0.25, -0.2) is 0 Å². The highest BCUT2D eigenvalue weighted by Crippen LogP contribution is 2.75. The number of hydrogen-bond donors (Lipinski definition) is 0. The van der Waals surface area contributed by atoms with Crippen LogP contribution in [0.15, 0.2) is 12.7 Å². The quantitative estimate of drug-likeness (QED) is 0.655. The Labute approximate surface area is 142 Å². The molecule has 1 heterocycles. The molecule has 0 N–H and O–H groups in total. The van der Waals surface area contributed by atoms with Crippen LogP contribution in [-0.2, 0) is 9.47 Å². The minimum absolute atomic E-state index is 0.116. The van der Waals surface area contributed by atoms with Gasteiger partial charge in [-0.15, -0.1) is 6.58 Å². The molecule has 0 unspecified atom stereocenters. The molecule has 4 fully saturated rings. The summed E-state index contributed by atoms with van der Waals surface area (Å²) in [5, 5.41) is 0. The molecule has 0 aromatic carbocycles. The first-order chi connectivity index (χ1) is 10.7. The highest BCUT2D eigenvalue weighted by Gasteiger charge is 2.74. The van der Waals surface area contributed by atoms with Crippen molar-refractivity contribution in [1.29, 1.82) is 0 Å². The SMILES string of the molecule is C=CCC[C@@]1(C)O[C@H]2C[C@@]34C[C@H](C(C)(C)[C@@H]3CC[C@H]4C)[C@@]2(C)O1. The predicted octanol–water partition coefficient (Wildman–Crippen LogP) is 5.33. The standard InChI is InChI=1S/C21H34O2/c1-7-8-11-19(5)22-17-13-21-12-16(20(17,6)23-19)18(3,4)15(21)10-9-14(21)2/h7,14-17H,1,8-13H2,2-6H3/t14-,15+,16-,17+,19+,20-,21-/m1/s1. The molecular weight excluding hydrogens is 284 g/mol. The molecule has 130 valence electrons. The second kappa shape index (κ2) is 4.64. The summed E-state index contributed by atoms with van der Waals surface area (Å²) in [4.78, 5) is 0. The minimum atomic E-state index is -0.428. The van der Waals surface area contributed by atoms with E-state index in [-0.39, 0.29) is 11.7 Å². The molecule has 0 aromatic rings. The van der Waals surface area contributed by atoms with Gasteiger partial charge in [-0.2, -0.15) is 0 Å². The van der Waals surface area contributed by atoms with E-state index in [1.165, 1.54) is 25.7 Å². The summed E-state index contributed by atoms with van der Waals surface area (Å²) in [5.74, 6) is 1.88. The van der Waals surface area contributed by atoms with E-state index < -0.39 is 5.79 Å². The molecule has 4 aliphatic rings. The van der Waals surface area contributed by atoms with Crippen LogP contribution in [0.1, 0.15) is 73.1 Å². The first-order valence-electron chi connectivity index (χ1n) is 9.67. The third kappa shape index (κ3) is 1.88. The molecule has 2 bridgehead atoms. The summed E-state index contributed by atoms with van der Waals surface area (Å²) in [6.07, 6.45) is 9.48. The van der Waals surface area contributed by atoms with E-state index in [2.05, 4.69) is 41.2 Å². The van der Waals surface area contributed by atoms with Gasteiger partial charge in [0.25, 0.3) is 0 Å². The van der Waals surface area contributed by atoms with Crippen LogP contribution in [-0.4, -0.2) is 17.5 Å². The summed E-state index contributed by atoms with van der Waals surface area (Å²) in [6, 6.07) is 0. The maximum atomic E-state index is 6.74. The molecule has 0 aromatic heterocycles. The van der Waals surface area contributed by atoms with Crippen molar-refractivity contribution in [1.82, 2.24) is 0 Å². The maximum Gasteiger partial charge on any atom is 0.167 e. The summed E-state index contributed by atoms with van der Waals surface area (Å²) >= 11 is 0. The molecule has 0 amide bonds. The zero-order valence-electron chi connectivity index (χ0n) is 15.7. The molecule has 3 aliphatic carbocycles. The van der Waals surface area contributed by atoms with Crippen molar-refractivity contribution >= 4 is 0 Å². The van der Waals surface area contributed by atoms with Gasteiger partial charge < -0.3 is 9.47 Å². The summed E-state index contributed by atoms with van der Waals surface area (Å²) in [6.45, 7) is 15.9. The number of allylic oxidation sites excluding steroid dienone is 1. The van der Waals surface area contributed by atoms with Gasteiger partial charge in [-0.05, 0) is 74.5 Å². The summed E-state index contributed by atoms with van der Waals surface area (Å²) < 4.78 is 13.3. The minimum Gasteiger partial charge on any atom is -0.344 e. The lowest BCUT2D eigenvalue weighted by Gasteiger charge is -2.47.